The quantitative estimate of drug-likeness (QED) is 0.512. The Morgan fingerprint density at radius 2 is 2.07 bits per heavy atom. The predicted octanol–water partition coefficient (Wildman–Crippen LogP) is 2.27. The third kappa shape index (κ3) is 3.80. The van der Waals surface area contributed by atoms with Crippen LogP contribution in [-0.4, -0.2) is 35.8 Å². The Balaban J connectivity index is 1.74. The van der Waals surface area contributed by atoms with E-state index in [-0.39, 0.29) is 11.7 Å². The van der Waals surface area contributed by atoms with E-state index in [4.69, 9.17) is 5.84 Å². The molecule has 0 spiro atoms. The summed E-state index contributed by atoms with van der Waals surface area (Å²) >= 11 is 1.17. The zero-order valence-electron chi connectivity index (χ0n) is 15.4. The molecule has 0 aliphatic rings. The van der Waals surface area contributed by atoms with Gasteiger partial charge in [0.05, 0.1) is 22.3 Å². The van der Waals surface area contributed by atoms with Crippen LogP contribution in [0.4, 0.5) is 10.1 Å². The molecule has 0 aliphatic heterocycles. The summed E-state index contributed by atoms with van der Waals surface area (Å²) in [5.74, 6) is 5.78. The Morgan fingerprint density at radius 1 is 1.33 bits per heavy atom. The fraction of sp³-hybridized carbons (Fsp3) is 0.294. The Labute approximate surface area is 159 Å². The second-order valence-electron chi connectivity index (χ2n) is 6.11. The Bertz CT molecular complexity index is 997. The van der Waals surface area contributed by atoms with Gasteiger partial charge < -0.3 is 11.2 Å². The number of nitrogens with zero attached hydrogens (tertiary/aromatic N) is 5. The van der Waals surface area contributed by atoms with E-state index in [1.165, 1.54) is 28.6 Å². The fourth-order valence-corrected chi connectivity index (χ4v) is 3.34. The van der Waals surface area contributed by atoms with Crippen LogP contribution >= 0.6 is 11.8 Å². The smallest absolute Gasteiger partial charge is 0.237 e. The molecule has 2 heterocycles. The van der Waals surface area contributed by atoms with Crippen LogP contribution in [-0.2, 0) is 11.8 Å². The van der Waals surface area contributed by atoms with Crippen LogP contribution in [0.3, 0.4) is 0 Å². The molecule has 10 heteroatoms. The van der Waals surface area contributed by atoms with E-state index >= 15 is 0 Å². The number of nitrogens with two attached hydrogens (primary N) is 1. The van der Waals surface area contributed by atoms with Crippen molar-refractivity contribution in [1.29, 1.82) is 0 Å². The standard InChI is InChI=1S/C17H20FN7OS/c1-9-14(10(2)24(4)23-9)20-16(26)11(3)27-17-22-21-15(25(17)19)12-6-5-7-13(18)8-12/h5-8,11H,19H2,1-4H3,(H,20,26)/t11-/m0/s1. The van der Waals surface area contributed by atoms with Crippen LogP contribution in [0.2, 0.25) is 0 Å². The number of thioether (sulfide) groups is 1. The van der Waals surface area contributed by atoms with Crippen LogP contribution in [0.1, 0.15) is 18.3 Å². The molecule has 27 heavy (non-hydrogen) atoms. The van der Waals surface area contributed by atoms with Crippen molar-refractivity contribution >= 4 is 23.4 Å². The molecule has 0 bridgehead atoms. The molecular weight excluding hydrogens is 369 g/mol. The number of carbonyl (C=O) groups excluding carboxylic acids is 1. The number of nitrogen functional groups attached to an aromatic ring is 1. The summed E-state index contributed by atoms with van der Waals surface area (Å²) in [4.78, 5) is 12.5. The lowest BCUT2D eigenvalue weighted by molar-refractivity contribution is -0.115. The van der Waals surface area contributed by atoms with Crippen LogP contribution in [0.15, 0.2) is 29.4 Å². The van der Waals surface area contributed by atoms with Crippen LogP contribution in [0.5, 0.6) is 0 Å². The van der Waals surface area contributed by atoms with Gasteiger partial charge in [-0.1, -0.05) is 23.9 Å². The molecule has 0 fully saturated rings. The van der Waals surface area contributed by atoms with Gasteiger partial charge in [0.15, 0.2) is 5.82 Å². The Morgan fingerprint density at radius 3 is 2.70 bits per heavy atom. The summed E-state index contributed by atoms with van der Waals surface area (Å²) in [6, 6.07) is 5.92. The van der Waals surface area contributed by atoms with Crippen molar-refractivity contribution in [2.24, 2.45) is 7.05 Å². The highest BCUT2D eigenvalue weighted by molar-refractivity contribution is 8.00. The average Bonchev–Trinajstić information content (AvgIpc) is 3.09. The number of amides is 1. The fourth-order valence-electron chi connectivity index (χ4n) is 2.57. The van der Waals surface area contributed by atoms with Crippen LogP contribution < -0.4 is 11.2 Å². The third-order valence-electron chi connectivity index (χ3n) is 4.16. The predicted molar refractivity (Wildman–Crippen MR) is 102 cm³/mol. The third-order valence-corrected chi connectivity index (χ3v) is 5.21. The van der Waals surface area contributed by atoms with Crippen LogP contribution in [0.25, 0.3) is 11.4 Å². The maximum Gasteiger partial charge on any atom is 0.237 e. The first kappa shape index (κ1) is 18.9. The molecule has 0 radical (unpaired) electrons. The molecular formula is C17H20FN7OS. The summed E-state index contributed by atoms with van der Waals surface area (Å²) in [6.45, 7) is 5.47. The van der Waals surface area contributed by atoms with Gasteiger partial charge in [0.2, 0.25) is 11.1 Å². The van der Waals surface area contributed by atoms with Crippen LogP contribution in [0, 0.1) is 19.7 Å². The van der Waals surface area contributed by atoms with E-state index in [0.717, 1.165) is 11.4 Å². The molecule has 0 unspecified atom stereocenters. The summed E-state index contributed by atoms with van der Waals surface area (Å²) in [7, 11) is 1.82. The number of carbonyl (C=O) groups is 1. The highest BCUT2D eigenvalue weighted by Crippen LogP contribution is 2.26. The maximum absolute atomic E-state index is 13.4. The lowest BCUT2D eigenvalue weighted by atomic mass is 10.2. The molecule has 0 saturated heterocycles. The van der Waals surface area contributed by atoms with Gasteiger partial charge in [-0.2, -0.15) is 5.10 Å². The lowest BCUT2D eigenvalue weighted by Crippen LogP contribution is -2.24. The van der Waals surface area contributed by atoms with E-state index in [1.807, 2.05) is 20.9 Å². The van der Waals surface area contributed by atoms with Gasteiger partial charge >= 0.3 is 0 Å². The number of halogens is 1. The molecule has 3 aromatic rings. The molecule has 1 atom stereocenters. The van der Waals surface area contributed by atoms with Crippen molar-refractivity contribution in [1.82, 2.24) is 24.7 Å². The van der Waals surface area contributed by atoms with Gasteiger partial charge in [0, 0.05) is 12.6 Å². The van der Waals surface area contributed by atoms with Crippen molar-refractivity contribution in [2.45, 2.75) is 31.2 Å². The van der Waals surface area contributed by atoms with Gasteiger partial charge in [0.25, 0.3) is 0 Å². The summed E-state index contributed by atoms with van der Waals surface area (Å²) in [5, 5.41) is 15.1. The molecule has 8 nitrogen and oxygen atoms in total. The van der Waals surface area contributed by atoms with E-state index in [1.54, 1.807) is 23.7 Å². The number of hydrogen-bond donors (Lipinski definition) is 2. The lowest BCUT2D eigenvalue weighted by Gasteiger charge is -2.12. The molecule has 1 aromatic carbocycles. The number of nitrogens with one attached hydrogen (secondary N) is 1. The SMILES string of the molecule is Cc1nn(C)c(C)c1NC(=O)[C@H](C)Sc1nnc(-c2cccc(F)c2)n1N. The number of aryl methyl sites for hydroxylation is 2. The number of benzene rings is 1. The van der Waals surface area contributed by atoms with Gasteiger partial charge in [-0.05, 0) is 32.9 Å². The van der Waals surface area contributed by atoms with E-state index in [0.29, 0.717) is 22.2 Å². The zero-order chi connectivity index (χ0) is 19.7. The first-order valence-electron chi connectivity index (χ1n) is 8.22. The zero-order valence-corrected chi connectivity index (χ0v) is 16.2. The molecule has 2 aromatic heterocycles. The van der Waals surface area contributed by atoms with Gasteiger partial charge in [-0.15, -0.1) is 10.2 Å². The Hall–Kier alpha value is -2.88. The molecule has 3 N–H and O–H groups in total. The normalized spacial score (nSPS) is 12.2. The monoisotopic (exact) mass is 389 g/mol. The maximum atomic E-state index is 13.4. The van der Waals surface area contributed by atoms with Crippen molar-refractivity contribution in [3.05, 3.63) is 41.5 Å². The summed E-state index contributed by atoms with van der Waals surface area (Å²) in [5.41, 5.74) is 2.82. The minimum atomic E-state index is -0.476. The molecule has 3 rings (SSSR count). The van der Waals surface area contributed by atoms with Crippen molar-refractivity contribution in [2.75, 3.05) is 11.2 Å². The number of hydrogen-bond acceptors (Lipinski definition) is 6. The largest absolute Gasteiger partial charge is 0.335 e. The topological polar surface area (TPSA) is 104 Å². The minimum absolute atomic E-state index is 0.200. The number of anilines is 1. The molecule has 0 aliphatic carbocycles. The summed E-state index contributed by atoms with van der Waals surface area (Å²) in [6.07, 6.45) is 0. The van der Waals surface area contributed by atoms with E-state index < -0.39 is 5.25 Å². The first-order chi connectivity index (χ1) is 12.8. The molecule has 0 saturated carbocycles. The van der Waals surface area contributed by atoms with Gasteiger partial charge in [-0.3, -0.25) is 9.48 Å². The highest BCUT2D eigenvalue weighted by Gasteiger charge is 2.22. The van der Waals surface area contributed by atoms with E-state index in [2.05, 4.69) is 20.6 Å². The first-order valence-corrected chi connectivity index (χ1v) is 9.10. The Kier molecular flexibility index (Phi) is 5.17. The molecule has 142 valence electrons. The highest BCUT2D eigenvalue weighted by atomic mass is 32.2. The van der Waals surface area contributed by atoms with Gasteiger partial charge in [0.1, 0.15) is 5.82 Å². The second-order valence-corrected chi connectivity index (χ2v) is 7.41. The number of rotatable bonds is 5. The van der Waals surface area contributed by atoms with Crippen molar-refractivity contribution in [3.63, 3.8) is 0 Å². The second kappa shape index (κ2) is 7.39. The average molecular weight is 389 g/mol. The summed E-state index contributed by atoms with van der Waals surface area (Å²) < 4.78 is 16.4. The van der Waals surface area contributed by atoms with Crippen molar-refractivity contribution < 1.29 is 9.18 Å². The van der Waals surface area contributed by atoms with Gasteiger partial charge in [-0.25, -0.2) is 9.07 Å². The number of aromatic nitrogens is 5. The molecule has 1 amide bonds. The minimum Gasteiger partial charge on any atom is -0.335 e. The van der Waals surface area contributed by atoms with E-state index in [9.17, 15) is 9.18 Å². The van der Waals surface area contributed by atoms with Crippen molar-refractivity contribution in [3.8, 4) is 11.4 Å².